The number of rotatable bonds is 10. The van der Waals surface area contributed by atoms with Crippen LogP contribution in [0.25, 0.3) is 0 Å². The van der Waals surface area contributed by atoms with E-state index in [2.05, 4.69) is 37.4 Å². The number of aryl methyl sites for hydroxylation is 1. The van der Waals surface area contributed by atoms with Crippen LogP contribution >= 0.6 is 0 Å². The summed E-state index contributed by atoms with van der Waals surface area (Å²) in [6.07, 6.45) is 5.12. The normalized spacial score (nSPS) is 16.7. The number of nitrogens with one attached hydrogen (secondary N) is 2. The van der Waals surface area contributed by atoms with Crippen molar-refractivity contribution in [1.29, 1.82) is 0 Å². The molecule has 0 aliphatic carbocycles. The molecule has 9 nitrogen and oxygen atoms in total. The lowest BCUT2D eigenvalue weighted by molar-refractivity contribution is -0.140. The molecule has 1 atom stereocenters. The van der Waals surface area contributed by atoms with Gasteiger partial charge in [-0.25, -0.2) is 9.67 Å². The number of esters is 1. The SMILES string of the molecule is CCNC(=NCCCCCC(=O)OC)NC1CCc2nc(COC)nn2C1. The number of aliphatic imine (C=N–C) groups is 1. The molecular weight excluding hydrogens is 348 g/mol. The van der Waals surface area contributed by atoms with Gasteiger partial charge in [-0.1, -0.05) is 6.42 Å². The number of carbonyl (C=O) groups is 1. The highest BCUT2D eigenvalue weighted by Gasteiger charge is 2.22. The molecule has 0 amide bonds. The van der Waals surface area contributed by atoms with Gasteiger partial charge >= 0.3 is 5.97 Å². The average molecular weight is 380 g/mol. The summed E-state index contributed by atoms with van der Waals surface area (Å²) in [6, 6.07) is 0.270. The first-order valence-electron chi connectivity index (χ1n) is 9.69. The maximum atomic E-state index is 11.1. The molecule has 1 aromatic rings. The zero-order valence-corrected chi connectivity index (χ0v) is 16.7. The molecule has 0 saturated carbocycles. The predicted octanol–water partition coefficient (Wildman–Crippen LogP) is 1.03. The van der Waals surface area contributed by atoms with Gasteiger partial charge in [0, 0.05) is 39.1 Å². The standard InChI is InChI=1S/C18H32N6O3/c1-4-19-18(20-11-7-5-6-8-17(25)27-3)21-14-9-10-16-22-15(13-26-2)23-24(16)12-14/h14H,4-13H2,1-3H3,(H2,19,20,21). The Kier molecular flexibility index (Phi) is 9.03. The van der Waals surface area contributed by atoms with Gasteiger partial charge < -0.3 is 20.1 Å². The number of guanidine groups is 1. The minimum Gasteiger partial charge on any atom is -0.469 e. The molecule has 1 unspecified atom stereocenters. The molecule has 2 heterocycles. The van der Waals surface area contributed by atoms with Crippen molar-refractivity contribution in [3.63, 3.8) is 0 Å². The Morgan fingerprint density at radius 2 is 2.19 bits per heavy atom. The molecule has 0 spiro atoms. The van der Waals surface area contributed by atoms with E-state index in [-0.39, 0.29) is 12.0 Å². The zero-order valence-electron chi connectivity index (χ0n) is 16.7. The third kappa shape index (κ3) is 7.16. The largest absolute Gasteiger partial charge is 0.469 e. The first kappa shape index (κ1) is 21.1. The molecule has 27 heavy (non-hydrogen) atoms. The smallest absolute Gasteiger partial charge is 0.305 e. The second-order valence-corrected chi connectivity index (χ2v) is 6.59. The van der Waals surface area contributed by atoms with Crippen LogP contribution < -0.4 is 10.6 Å². The number of aromatic nitrogens is 3. The van der Waals surface area contributed by atoms with Crippen molar-refractivity contribution >= 4 is 11.9 Å². The summed E-state index contributed by atoms with van der Waals surface area (Å²) in [5.41, 5.74) is 0. The fourth-order valence-corrected chi connectivity index (χ4v) is 3.03. The van der Waals surface area contributed by atoms with E-state index in [0.29, 0.717) is 13.0 Å². The summed E-state index contributed by atoms with van der Waals surface area (Å²) in [5, 5.41) is 11.3. The lowest BCUT2D eigenvalue weighted by Crippen LogP contribution is -2.47. The van der Waals surface area contributed by atoms with Gasteiger partial charge in [0.15, 0.2) is 11.8 Å². The Hall–Kier alpha value is -2.16. The van der Waals surface area contributed by atoms with Crippen LogP contribution in [0.2, 0.25) is 0 Å². The molecule has 0 radical (unpaired) electrons. The van der Waals surface area contributed by atoms with Crippen molar-refractivity contribution in [2.24, 2.45) is 4.99 Å². The van der Waals surface area contributed by atoms with Gasteiger partial charge in [-0.15, -0.1) is 0 Å². The van der Waals surface area contributed by atoms with E-state index in [4.69, 9.17) is 4.74 Å². The Bertz CT molecular complexity index is 616. The van der Waals surface area contributed by atoms with Crippen LogP contribution in [0.5, 0.6) is 0 Å². The van der Waals surface area contributed by atoms with Gasteiger partial charge in [0.1, 0.15) is 12.4 Å². The number of hydrogen-bond acceptors (Lipinski definition) is 6. The van der Waals surface area contributed by atoms with Crippen molar-refractivity contribution in [2.45, 2.75) is 64.6 Å². The number of methoxy groups -OCH3 is 2. The maximum Gasteiger partial charge on any atom is 0.305 e. The number of carbonyl (C=O) groups excluding carboxylic acids is 1. The maximum absolute atomic E-state index is 11.1. The van der Waals surface area contributed by atoms with Crippen molar-refractivity contribution < 1.29 is 14.3 Å². The van der Waals surface area contributed by atoms with E-state index in [1.54, 1.807) is 7.11 Å². The summed E-state index contributed by atoms with van der Waals surface area (Å²) in [6.45, 7) is 4.82. The fraction of sp³-hybridized carbons (Fsp3) is 0.778. The summed E-state index contributed by atoms with van der Waals surface area (Å²) in [5.74, 6) is 2.44. The van der Waals surface area contributed by atoms with Crippen molar-refractivity contribution in [3.8, 4) is 0 Å². The van der Waals surface area contributed by atoms with Crippen molar-refractivity contribution in [3.05, 3.63) is 11.6 Å². The molecule has 0 fully saturated rings. The predicted molar refractivity (Wildman–Crippen MR) is 102 cm³/mol. The fourth-order valence-electron chi connectivity index (χ4n) is 3.03. The first-order chi connectivity index (χ1) is 13.2. The Labute approximate surface area is 160 Å². The van der Waals surface area contributed by atoms with Gasteiger partial charge in [0.25, 0.3) is 0 Å². The number of nitrogens with zero attached hydrogens (tertiary/aromatic N) is 4. The quantitative estimate of drug-likeness (QED) is 0.270. The number of unbranched alkanes of at least 4 members (excludes halogenated alkanes) is 2. The third-order valence-electron chi connectivity index (χ3n) is 4.40. The van der Waals surface area contributed by atoms with Crippen LogP contribution in [0.1, 0.15) is 50.7 Å². The van der Waals surface area contributed by atoms with E-state index in [1.165, 1.54) is 7.11 Å². The molecule has 9 heteroatoms. The summed E-state index contributed by atoms with van der Waals surface area (Å²) < 4.78 is 11.7. The van der Waals surface area contributed by atoms with Gasteiger partial charge in [0.2, 0.25) is 0 Å². The molecule has 152 valence electrons. The number of fused-ring (bicyclic) bond motifs is 1. The highest BCUT2D eigenvalue weighted by Crippen LogP contribution is 2.13. The molecule has 1 aliphatic rings. The minimum absolute atomic E-state index is 0.146. The van der Waals surface area contributed by atoms with Crippen LogP contribution in [0.15, 0.2) is 4.99 Å². The summed E-state index contributed by atoms with van der Waals surface area (Å²) >= 11 is 0. The summed E-state index contributed by atoms with van der Waals surface area (Å²) in [4.78, 5) is 20.3. The van der Waals surface area contributed by atoms with Gasteiger partial charge in [-0.2, -0.15) is 5.10 Å². The average Bonchev–Trinajstić information content (AvgIpc) is 3.06. The monoisotopic (exact) mass is 380 g/mol. The third-order valence-corrected chi connectivity index (χ3v) is 4.40. The van der Waals surface area contributed by atoms with E-state index in [9.17, 15) is 4.79 Å². The van der Waals surface area contributed by atoms with Crippen LogP contribution in [-0.2, 0) is 33.8 Å². The molecule has 1 aliphatic heterocycles. The first-order valence-corrected chi connectivity index (χ1v) is 9.69. The lowest BCUT2D eigenvalue weighted by Gasteiger charge is -2.25. The second kappa shape index (κ2) is 11.5. The van der Waals surface area contributed by atoms with E-state index in [0.717, 1.165) is 69.3 Å². The molecule has 0 saturated heterocycles. The summed E-state index contributed by atoms with van der Waals surface area (Å²) in [7, 11) is 3.08. The van der Waals surface area contributed by atoms with Crippen LogP contribution in [0.4, 0.5) is 0 Å². The minimum atomic E-state index is -0.146. The second-order valence-electron chi connectivity index (χ2n) is 6.59. The molecule has 1 aromatic heterocycles. The van der Waals surface area contributed by atoms with Crippen LogP contribution in [-0.4, -0.2) is 60.0 Å². The molecule has 0 bridgehead atoms. The highest BCUT2D eigenvalue weighted by molar-refractivity contribution is 5.80. The Morgan fingerprint density at radius 3 is 2.93 bits per heavy atom. The Balaban J connectivity index is 1.78. The van der Waals surface area contributed by atoms with Gasteiger partial charge in [0.05, 0.1) is 13.7 Å². The number of hydrogen-bond donors (Lipinski definition) is 2. The van der Waals surface area contributed by atoms with Crippen molar-refractivity contribution in [2.75, 3.05) is 27.3 Å². The molecular formula is C18H32N6O3. The highest BCUT2D eigenvalue weighted by atomic mass is 16.5. The number of ether oxygens (including phenoxy) is 2. The van der Waals surface area contributed by atoms with E-state index >= 15 is 0 Å². The van der Waals surface area contributed by atoms with E-state index in [1.807, 2.05) is 4.68 Å². The molecule has 2 rings (SSSR count). The lowest BCUT2D eigenvalue weighted by atomic mass is 10.1. The van der Waals surface area contributed by atoms with Gasteiger partial charge in [-0.05, 0) is 26.2 Å². The van der Waals surface area contributed by atoms with Gasteiger partial charge in [-0.3, -0.25) is 9.79 Å². The molecule has 0 aromatic carbocycles. The van der Waals surface area contributed by atoms with Crippen LogP contribution in [0.3, 0.4) is 0 Å². The van der Waals surface area contributed by atoms with Crippen LogP contribution in [0, 0.1) is 0 Å². The van der Waals surface area contributed by atoms with E-state index < -0.39 is 0 Å². The Morgan fingerprint density at radius 1 is 1.33 bits per heavy atom. The van der Waals surface area contributed by atoms with Crippen molar-refractivity contribution in [1.82, 2.24) is 25.4 Å². The topological polar surface area (TPSA) is 103 Å². The molecule has 2 N–H and O–H groups in total. The zero-order chi connectivity index (χ0) is 19.5.